The minimum absolute atomic E-state index is 0.0166. The molecule has 2 heteroatoms. The van der Waals surface area contributed by atoms with Gasteiger partial charge in [-0.2, -0.15) is 0 Å². The van der Waals surface area contributed by atoms with Crippen molar-refractivity contribution in [2.24, 2.45) is 0 Å². The first-order valence-corrected chi connectivity index (χ1v) is 5.53. The van der Waals surface area contributed by atoms with E-state index in [-0.39, 0.29) is 5.91 Å². The van der Waals surface area contributed by atoms with Crippen LogP contribution in [0.1, 0.15) is 12.0 Å². The Balaban J connectivity index is 2.39. The van der Waals surface area contributed by atoms with Crippen LogP contribution in [0, 0.1) is 6.92 Å². The zero-order valence-corrected chi connectivity index (χ0v) is 10.0. The number of aryl methyl sites for hydroxylation is 1. The lowest BCUT2D eigenvalue weighted by Crippen LogP contribution is -2.09. The monoisotopic (exact) mass is 227 g/mol. The zero-order valence-electron chi connectivity index (χ0n) is 10.0. The van der Waals surface area contributed by atoms with Crippen molar-refractivity contribution in [3.05, 3.63) is 66.8 Å². The van der Waals surface area contributed by atoms with Crippen LogP contribution < -0.4 is 5.32 Å². The molecule has 0 fully saturated rings. The third-order valence-corrected chi connectivity index (χ3v) is 2.13. The summed E-state index contributed by atoms with van der Waals surface area (Å²) >= 11 is 0. The summed E-state index contributed by atoms with van der Waals surface area (Å²) in [6.45, 7) is 5.57. The molecule has 1 N–H and O–H groups in total. The average molecular weight is 227 g/mol. The summed E-state index contributed by atoms with van der Waals surface area (Å²) in [5.74, 6) is -0.0166. The number of hydrogen-bond acceptors (Lipinski definition) is 1. The predicted octanol–water partition coefficient (Wildman–Crippen LogP) is 3.62. The Kier molecular flexibility index (Phi) is 5.52. The molecule has 1 amide bonds. The van der Waals surface area contributed by atoms with Crippen molar-refractivity contribution in [1.82, 2.24) is 0 Å². The highest BCUT2D eigenvalue weighted by Gasteiger charge is 1.98. The Labute approximate surface area is 102 Å². The molecule has 0 spiro atoms. The van der Waals surface area contributed by atoms with Gasteiger partial charge in [-0.25, -0.2) is 0 Å². The van der Waals surface area contributed by atoms with Gasteiger partial charge in [-0.3, -0.25) is 4.79 Å². The summed E-state index contributed by atoms with van der Waals surface area (Å²) in [6.07, 6.45) is 9.35. The fraction of sp³-hybridized carbons (Fsp3) is 0.133. The normalized spacial score (nSPS) is 10.9. The quantitative estimate of drug-likeness (QED) is 0.765. The largest absolute Gasteiger partial charge is 0.326 e. The van der Waals surface area contributed by atoms with Gasteiger partial charge in [0.05, 0.1) is 0 Å². The Morgan fingerprint density at radius 1 is 1.24 bits per heavy atom. The molecule has 0 radical (unpaired) electrons. The molecule has 17 heavy (non-hydrogen) atoms. The average Bonchev–Trinajstić information content (AvgIpc) is 2.32. The van der Waals surface area contributed by atoms with E-state index in [1.54, 1.807) is 6.08 Å². The Bertz CT molecular complexity index is 427. The van der Waals surface area contributed by atoms with Crippen LogP contribution in [-0.4, -0.2) is 5.91 Å². The number of anilines is 1. The molecular weight excluding hydrogens is 210 g/mol. The number of nitrogens with one attached hydrogen (secondary N) is 1. The number of carbonyl (C=O) groups is 1. The second-order valence-electron chi connectivity index (χ2n) is 3.67. The van der Waals surface area contributed by atoms with Crippen molar-refractivity contribution in [2.45, 2.75) is 13.3 Å². The summed E-state index contributed by atoms with van der Waals surface area (Å²) < 4.78 is 0. The number of rotatable bonds is 5. The maximum absolute atomic E-state index is 11.5. The molecule has 2 nitrogen and oxygen atoms in total. The van der Waals surface area contributed by atoms with Crippen molar-refractivity contribution in [3.63, 3.8) is 0 Å². The van der Waals surface area contributed by atoms with Crippen LogP contribution in [0.3, 0.4) is 0 Å². The van der Waals surface area contributed by atoms with E-state index in [1.807, 2.05) is 55.5 Å². The van der Waals surface area contributed by atoms with E-state index in [4.69, 9.17) is 0 Å². The molecule has 0 saturated heterocycles. The van der Waals surface area contributed by atoms with Crippen molar-refractivity contribution >= 4 is 11.6 Å². The van der Waals surface area contributed by atoms with Crippen LogP contribution in [0.4, 0.5) is 5.69 Å². The van der Waals surface area contributed by atoms with E-state index in [0.29, 0.717) is 6.42 Å². The topological polar surface area (TPSA) is 29.1 Å². The van der Waals surface area contributed by atoms with E-state index in [9.17, 15) is 4.79 Å². The molecule has 0 aliphatic rings. The summed E-state index contributed by atoms with van der Waals surface area (Å²) in [6, 6.07) is 7.74. The van der Waals surface area contributed by atoms with Crippen molar-refractivity contribution in [2.75, 3.05) is 5.32 Å². The highest BCUT2D eigenvalue weighted by atomic mass is 16.1. The molecule has 88 valence electrons. The van der Waals surface area contributed by atoms with Gasteiger partial charge in [-0.05, 0) is 19.1 Å². The van der Waals surface area contributed by atoms with Gasteiger partial charge in [0.1, 0.15) is 0 Å². The van der Waals surface area contributed by atoms with Crippen LogP contribution in [0.5, 0.6) is 0 Å². The molecule has 0 heterocycles. The van der Waals surface area contributed by atoms with Crippen molar-refractivity contribution in [1.29, 1.82) is 0 Å². The van der Waals surface area contributed by atoms with Crippen LogP contribution >= 0.6 is 0 Å². The smallest absolute Gasteiger partial charge is 0.228 e. The molecule has 0 aliphatic carbocycles. The molecule has 0 unspecified atom stereocenters. The first-order valence-electron chi connectivity index (χ1n) is 5.53. The third-order valence-electron chi connectivity index (χ3n) is 2.13. The first kappa shape index (κ1) is 13.0. The van der Waals surface area contributed by atoms with Gasteiger partial charge in [-0.1, -0.05) is 54.7 Å². The number of allylic oxidation sites excluding steroid dienone is 4. The van der Waals surface area contributed by atoms with Gasteiger partial charge < -0.3 is 5.32 Å². The van der Waals surface area contributed by atoms with Gasteiger partial charge in [-0.15, -0.1) is 0 Å². The third kappa shape index (κ3) is 5.52. The lowest BCUT2D eigenvalue weighted by molar-refractivity contribution is -0.115. The van der Waals surface area contributed by atoms with Crippen molar-refractivity contribution < 1.29 is 4.79 Å². The molecule has 0 aliphatic heterocycles. The summed E-state index contributed by atoms with van der Waals surface area (Å²) in [4.78, 5) is 11.5. The number of amides is 1. The molecule has 1 aromatic rings. The van der Waals surface area contributed by atoms with Crippen LogP contribution in [-0.2, 0) is 4.79 Å². The summed E-state index contributed by atoms with van der Waals surface area (Å²) in [5.41, 5.74) is 2.01. The summed E-state index contributed by atoms with van der Waals surface area (Å²) in [7, 11) is 0. The standard InChI is InChI=1S/C15H17NO/c1-3-4-5-6-7-8-15(17)16-14-11-9-13(2)10-12-14/h3-7,9-12H,1,8H2,2H3,(H,16,17)/b5-4-,7-6-. The van der Waals surface area contributed by atoms with E-state index < -0.39 is 0 Å². The Morgan fingerprint density at radius 3 is 2.59 bits per heavy atom. The van der Waals surface area contributed by atoms with Crippen LogP contribution in [0.2, 0.25) is 0 Å². The fourth-order valence-electron chi connectivity index (χ4n) is 1.25. The van der Waals surface area contributed by atoms with Gasteiger partial charge in [0.25, 0.3) is 0 Å². The molecule has 0 saturated carbocycles. The first-order chi connectivity index (χ1) is 8.22. The highest BCUT2D eigenvalue weighted by molar-refractivity contribution is 5.91. The Hall–Kier alpha value is -2.09. The molecule has 0 atom stereocenters. The number of benzene rings is 1. The van der Waals surface area contributed by atoms with E-state index in [1.165, 1.54) is 5.56 Å². The molecular formula is C15H17NO. The maximum Gasteiger partial charge on any atom is 0.228 e. The minimum Gasteiger partial charge on any atom is -0.326 e. The summed E-state index contributed by atoms with van der Waals surface area (Å²) in [5, 5.41) is 2.83. The second kappa shape index (κ2) is 7.23. The molecule has 0 aromatic heterocycles. The van der Waals surface area contributed by atoms with Crippen LogP contribution in [0.15, 0.2) is 61.2 Å². The minimum atomic E-state index is -0.0166. The van der Waals surface area contributed by atoms with E-state index in [0.717, 1.165) is 5.69 Å². The van der Waals surface area contributed by atoms with Crippen LogP contribution in [0.25, 0.3) is 0 Å². The van der Waals surface area contributed by atoms with Gasteiger partial charge in [0.15, 0.2) is 0 Å². The lowest BCUT2D eigenvalue weighted by Gasteiger charge is -2.03. The number of hydrogen-bond donors (Lipinski definition) is 1. The second-order valence-corrected chi connectivity index (χ2v) is 3.67. The fourth-order valence-corrected chi connectivity index (χ4v) is 1.25. The van der Waals surface area contributed by atoms with Gasteiger partial charge >= 0.3 is 0 Å². The lowest BCUT2D eigenvalue weighted by atomic mass is 10.2. The predicted molar refractivity (Wildman–Crippen MR) is 72.9 cm³/mol. The maximum atomic E-state index is 11.5. The zero-order chi connectivity index (χ0) is 12.5. The SMILES string of the molecule is C=C/C=C\C=C/CC(=O)Nc1ccc(C)cc1. The Morgan fingerprint density at radius 2 is 1.94 bits per heavy atom. The number of carbonyl (C=O) groups excluding carboxylic acids is 1. The molecule has 0 bridgehead atoms. The highest BCUT2D eigenvalue weighted by Crippen LogP contribution is 2.08. The van der Waals surface area contributed by atoms with Gasteiger partial charge in [0, 0.05) is 12.1 Å². The molecule has 1 aromatic carbocycles. The van der Waals surface area contributed by atoms with E-state index in [2.05, 4.69) is 11.9 Å². The molecule has 1 rings (SSSR count). The van der Waals surface area contributed by atoms with Crippen molar-refractivity contribution in [3.8, 4) is 0 Å². The van der Waals surface area contributed by atoms with Gasteiger partial charge in [0.2, 0.25) is 5.91 Å². The van der Waals surface area contributed by atoms with E-state index >= 15 is 0 Å².